The quantitative estimate of drug-likeness (QED) is 0.640. The molecule has 0 aliphatic carbocycles. The number of fused-ring (bicyclic) bond motifs is 1. The number of hydrogen-bond acceptors (Lipinski definition) is 5. The van der Waals surface area contributed by atoms with Crippen LogP contribution in [0.15, 0.2) is 39.8 Å². The minimum atomic E-state index is -0.0775. The molecule has 134 valence electrons. The molecule has 1 aliphatic rings. The molecule has 1 aromatic heterocycles. The average molecular weight is 344 g/mol. The van der Waals surface area contributed by atoms with E-state index in [9.17, 15) is 0 Å². The molecule has 2 aromatic rings. The van der Waals surface area contributed by atoms with Gasteiger partial charge in [0.1, 0.15) is 12.7 Å². The molecule has 1 aromatic carbocycles. The van der Waals surface area contributed by atoms with Crippen molar-refractivity contribution < 1.29 is 14.0 Å². The minimum Gasteiger partial charge on any atom is -0.486 e. The fourth-order valence-corrected chi connectivity index (χ4v) is 2.45. The first-order valence-corrected chi connectivity index (χ1v) is 8.44. The molecular formula is C18H24N4O3. The number of aliphatic imine (C=N–C) groups is 1. The average Bonchev–Trinajstić information content (AvgIpc) is 3.11. The largest absolute Gasteiger partial charge is 0.486 e. The predicted octanol–water partition coefficient (Wildman–Crippen LogP) is 2.30. The van der Waals surface area contributed by atoms with Gasteiger partial charge in [0.2, 0.25) is 0 Å². The number of nitrogens with one attached hydrogen (secondary N) is 2. The molecule has 7 nitrogen and oxygen atoms in total. The van der Waals surface area contributed by atoms with Gasteiger partial charge < -0.3 is 24.6 Å². The highest BCUT2D eigenvalue weighted by atomic mass is 16.6. The Morgan fingerprint density at radius 3 is 2.80 bits per heavy atom. The Hall–Kier alpha value is -2.70. The fourth-order valence-electron chi connectivity index (χ4n) is 2.45. The second kappa shape index (κ2) is 7.92. The third-order valence-corrected chi connectivity index (χ3v) is 3.89. The number of ether oxygens (including phenoxy) is 2. The van der Waals surface area contributed by atoms with Crippen LogP contribution in [-0.2, 0) is 6.54 Å². The van der Waals surface area contributed by atoms with E-state index in [1.165, 1.54) is 0 Å². The number of nitrogens with zero attached hydrogens (tertiary/aromatic N) is 2. The molecular weight excluding hydrogens is 320 g/mol. The van der Waals surface area contributed by atoms with Crippen molar-refractivity contribution in [1.29, 1.82) is 0 Å². The van der Waals surface area contributed by atoms with E-state index in [1.807, 2.05) is 30.3 Å². The van der Waals surface area contributed by atoms with Gasteiger partial charge in [0, 0.05) is 13.1 Å². The lowest BCUT2D eigenvalue weighted by atomic mass is 10.1. The van der Waals surface area contributed by atoms with Crippen molar-refractivity contribution in [2.75, 3.05) is 20.2 Å². The van der Waals surface area contributed by atoms with Crippen LogP contribution in [0.4, 0.5) is 0 Å². The van der Waals surface area contributed by atoms with Gasteiger partial charge in [-0.1, -0.05) is 31.1 Å². The highest BCUT2D eigenvalue weighted by molar-refractivity contribution is 5.79. The first-order chi connectivity index (χ1) is 12.2. The summed E-state index contributed by atoms with van der Waals surface area (Å²) in [7, 11) is 1.72. The Labute approximate surface area is 147 Å². The lowest BCUT2D eigenvalue weighted by Gasteiger charge is -2.27. The molecule has 0 fully saturated rings. The van der Waals surface area contributed by atoms with Crippen LogP contribution in [-0.4, -0.2) is 37.4 Å². The van der Waals surface area contributed by atoms with Gasteiger partial charge in [-0.25, -0.2) is 0 Å². The van der Waals surface area contributed by atoms with E-state index >= 15 is 0 Å². The molecule has 0 saturated carbocycles. The van der Waals surface area contributed by atoms with E-state index in [-0.39, 0.29) is 6.10 Å². The molecule has 2 heterocycles. The first kappa shape index (κ1) is 17.1. The number of guanidine groups is 1. The molecule has 7 heteroatoms. The van der Waals surface area contributed by atoms with Crippen molar-refractivity contribution in [3.05, 3.63) is 41.8 Å². The summed E-state index contributed by atoms with van der Waals surface area (Å²) in [5.74, 6) is 3.35. The van der Waals surface area contributed by atoms with Crippen molar-refractivity contribution in [2.45, 2.75) is 32.4 Å². The van der Waals surface area contributed by atoms with Crippen LogP contribution >= 0.6 is 0 Å². The Morgan fingerprint density at radius 1 is 1.28 bits per heavy atom. The lowest BCUT2D eigenvalue weighted by molar-refractivity contribution is 0.0936. The second-order valence-corrected chi connectivity index (χ2v) is 6.18. The van der Waals surface area contributed by atoms with Gasteiger partial charge in [-0.15, -0.1) is 0 Å². The van der Waals surface area contributed by atoms with Crippen LogP contribution in [0, 0.1) is 0 Å². The molecule has 1 aliphatic heterocycles. The highest BCUT2D eigenvalue weighted by Crippen LogP contribution is 2.30. The lowest BCUT2D eigenvalue weighted by Crippen LogP contribution is -2.45. The maximum absolute atomic E-state index is 5.92. The third-order valence-electron chi connectivity index (χ3n) is 3.89. The summed E-state index contributed by atoms with van der Waals surface area (Å²) >= 11 is 0. The van der Waals surface area contributed by atoms with Crippen molar-refractivity contribution in [3.8, 4) is 11.5 Å². The van der Waals surface area contributed by atoms with Crippen LogP contribution in [0.1, 0.15) is 31.2 Å². The molecule has 0 bridgehead atoms. The first-order valence-electron chi connectivity index (χ1n) is 8.44. The summed E-state index contributed by atoms with van der Waals surface area (Å²) in [5, 5.41) is 10.5. The Kier molecular flexibility index (Phi) is 5.42. The van der Waals surface area contributed by atoms with E-state index in [0.29, 0.717) is 31.6 Å². The Balaban J connectivity index is 1.46. The van der Waals surface area contributed by atoms with Crippen molar-refractivity contribution in [1.82, 2.24) is 15.8 Å². The third kappa shape index (κ3) is 4.43. The highest BCUT2D eigenvalue weighted by Gasteiger charge is 2.20. The zero-order valence-corrected chi connectivity index (χ0v) is 14.8. The van der Waals surface area contributed by atoms with E-state index < -0.39 is 0 Å². The van der Waals surface area contributed by atoms with Crippen LogP contribution in [0.25, 0.3) is 0 Å². The smallest absolute Gasteiger partial charge is 0.191 e. The number of benzene rings is 1. The van der Waals surface area contributed by atoms with Crippen LogP contribution in [0.2, 0.25) is 0 Å². The van der Waals surface area contributed by atoms with Gasteiger partial charge in [-0.05, 0) is 18.1 Å². The zero-order chi connectivity index (χ0) is 17.6. The summed E-state index contributed by atoms with van der Waals surface area (Å²) in [6.45, 7) is 5.77. The fraction of sp³-hybridized carbons (Fsp3) is 0.444. The van der Waals surface area contributed by atoms with Crippen LogP contribution < -0.4 is 20.1 Å². The number of rotatable bonds is 5. The SMILES string of the molecule is CN=C(NCc1cc(C(C)C)no1)NCC1COc2ccccc2O1. The molecule has 25 heavy (non-hydrogen) atoms. The number of hydrogen-bond donors (Lipinski definition) is 2. The maximum atomic E-state index is 5.92. The van der Waals surface area contributed by atoms with Gasteiger partial charge >= 0.3 is 0 Å². The molecule has 2 N–H and O–H groups in total. The molecule has 0 spiro atoms. The standard InChI is InChI=1S/C18H24N4O3/c1-12(2)15-8-13(25-22-15)9-20-18(19-3)21-10-14-11-23-16-6-4-5-7-17(16)24-14/h4-8,12,14H,9-11H2,1-3H3,(H2,19,20,21). The van der Waals surface area contributed by atoms with E-state index in [4.69, 9.17) is 14.0 Å². The molecule has 0 saturated heterocycles. The van der Waals surface area contributed by atoms with E-state index in [2.05, 4.69) is 34.6 Å². The van der Waals surface area contributed by atoms with Crippen molar-refractivity contribution >= 4 is 5.96 Å². The monoisotopic (exact) mass is 344 g/mol. The van der Waals surface area contributed by atoms with Crippen molar-refractivity contribution in [3.63, 3.8) is 0 Å². The molecule has 0 radical (unpaired) electrons. The molecule has 1 unspecified atom stereocenters. The topological polar surface area (TPSA) is 80.9 Å². The van der Waals surface area contributed by atoms with Gasteiger partial charge in [0.15, 0.2) is 23.2 Å². The Bertz CT molecular complexity index is 727. The van der Waals surface area contributed by atoms with Gasteiger partial charge in [0.25, 0.3) is 0 Å². The van der Waals surface area contributed by atoms with E-state index in [0.717, 1.165) is 23.0 Å². The molecule has 0 amide bonds. The molecule has 1 atom stereocenters. The number of aromatic nitrogens is 1. The normalized spacial score (nSPS) is 16.8. The van der Waals surface area contributed by atoms with Gasteiger partial charge in [-0.3, -0.25) is 4.99 Å². The summed E-state index contributed by atoms with van der Waals surface area (Å²) in [5.41, 5.74) is 0.950. The van der Waals surface area contributed by atoms with Crippen molar-refractivity contribution in [2.24, 2.45) is 4.99 Å². The van der Waals surface area contributed by atoms with E-state index in [1.54, 1.807) is 7.05 Å². The maximum Gasteiger partial charge on any atom is 0.191 e. The molecule has 3 rings (SSSR count). The summed E-state index contributed by atoms with van der Waals surface area (Å²) in [6.07, 6.45) is -0.0775. The summed E-state index contributed by atoms with van der Waals surface area (Å²) in [6, 6.07) is 9.63. The minimum absolute atomic E-state index is 0.0775. The summed E-state index contributed by atoms with van der Waals surface area (Å²) in [4.78, 5) is 4.21. The van der Waals surface area contributed by atoms with Crippen LogP contribution in [0.3, 0.4) is 0 Å². The van der Waals surface area contributed by atoms with Crippen LogP contribution in [0.5, 0.6) is 11.5 Å². The van der Waals surface area contributed by atoms with Gasteiger partial charge in [-0.2, -0.15) is 0 Å². The summed E-state index contributed by atoms with van der Waals surface area (Å²) < 4.78 is 16.9. The Morgan fingerprint density at radius 2 is 2.08 bits per heavy atom. The number of para-hydroxylation sites is 2. The van der Waals surface area contributed by atoms with Gasteiger partial charge in [0.05, 0.1) is 18.8 Å². The predicted molar refractivity (Wildman–Crippen MR) is 95.1 cm³/mol. The second-order valence-electron chi connectivity index (χ2n) is 6.18. The zero-order valence-electron chi connectivity index (χ0n) is 14.8.